The Morgan fingerprint density at radius 1 is 1.25 bits per heavy atom. The predicted octanol–water partition coefficient (Wildman–Crippen LogP) is 2.30. The number of anilines is 1. The molecule has 2 aliphatic rings. The van der Waals surface area contributed by atoms with E-state index in [9.17, 15) is 19.4 Å². The number of nitrogens with zero attached hydrogens (tertiary/aromatic N) is 3. The van der Waals surface area contributed by atoms with E-state index in [1.165, 1.54) is 24.3 Å². The summed E-state index contributed by atoms with van der Waals surface area (Å²) < 4.78 is 20.7. The molecule has 9 nitrogen and oxygen atoms in total. The van der Waals surface area contributed by atoms with Crippen LogP contribution in [0.3, 0.4) is 0 Å². The molecular formula is C22H30FN5O4. The molecule has 0 radical (unpaired) electrons. The van der Waals surface area contributed by atoms with Crippen LogP contribution in [0.25, 0.3) is 0 Å². The van der Waals surface area contributed by atoms with Gasteiger partial charge in [-0.15, -0.1) is 5.10 Å². The summed E-state index contributed by atoms with van der Waals surface area (Å²) in [6.07, 6.45) is 6.73. The molecule has 1 saturated heterocycles. The van der Waals surface area contributed by atoms with Gasteiger partial charge in [-0.2, -0.15) is 0 Å². The van der Waals surface area contributed by atoms with E-state index in [0.29, 0.717) is 30.8 Å². The van der Waals surface area contributed by atoms with Crippen LogP contribution in [-0.4, -0.2) is 56.1 Å². The van der Waals surface area contributed by atoms with Crippen molar-refractivity contribution in [1.82, 2.24) is 20.3 Å². The maximum absolute atomic E-state index is 13.0. The van der Waals surface area contributed by atoms with E-state index in [2.05, 4.69) is 20.9 Å². The Kier molecular flexibility index (Phi) is 7.02. The summed E-state index contributed by atoms with van der Waals surface area (Å²) in [6.45, 7) is 0.382. The van der Waals surface area contributed by atoms with Crippen LogP contribution in [0.2, 0.25) is 0 Å². The summed E-state index contributed by atoms with van der Waals surface area (Å²) in [4.78, 5) is 12.3. The summed E-state index contributed by atoms with van der Waals surface area (Å²) in [6, 6.07) is 4.74. The zero-order valence-corrected chi connectivity index (χ0v) is 17.9. The second-order valence-electron chi connectivity index (χ2n) is 8.66. The predicted molar refractivity (Wildman–Crippen MR) is 114 cm³/mol. The van der Waals surface area contributed by atoms with Crippen molar-refractivity contribution in [2.75, 3.05) is 11.9 Å². The van der Waals surface area contributed by atoms with Crippen LogP contribution in [0.5, 0.6) is 0 Å². The third kappa shape index (κ3) is 5.43. The number of amides is 2. The normalized spacial score (nSPS) is 24.9. The number of carbonyl (C=O) groups excluding carboxylic acids is 1. The standard InChI is InChI=1S/C22H30FN5O4/c23-15-3-5-16(6-4-15)24-21(30)25-18-8-7-17(32-19(18)14-29)9-12-28-13-20(26-27-28)22(31)10-1-2-11-22/h3-6,13,17-19,29,31H,1-2,7-12,14H2,(H2,24,25,30)/t17-,18-,19-/m1/s1. The number of aryl methyl sites for hydroxylation is 1. The first-order valence-electron chi connectivity index (χ1n) is 11.2. The number of carbonyl (C=O) groups is 1. The fraction of sp³-hybridized carbons (Fsp3) is 0.591. The summed E-state index contributed by atoms with van der Waals surface area (Å²) in [5.41, 5.74) is 0.257. The SMILES string of the molecule is O=C(Nc1ccc(F)cc1)N[C@@H]1CC[C@H](CCn2cc(C3(O)CCCC3)nn2)O[C@@H]1CO. The zero-order valence-electron chi connectivity index (χ0n) is 17.9. The Bertz CT molecular complexity index is 900. The van der Waals surface area contributed by atoms with E-state index in [1.807, 2.05) is 6.20 Å². The number of halogens is 1. The molecule has 1 saturated carbocycles. The van der Waals surface area contributed by atoms with Gasteiger partial charge in [-0.05, 0) is 56.4 Å². The molecule has 2 aromatic rings. The van der Waals surface area contributed by atoms with Gasteiger partial charge < -0.3 is 25.6 Å². The maximum atomic E-state index is 13.0. The fourth-order valence-electron chi connectivity index (χ4n) is 4.49. The minimum atomic E-state index is -0.852. The molecule has 174 valence electrons. The van der Waals surface area contributed by atoms with Gasteiger partial charge in [0.2, 0.25) is 0 Å². The number of ether oxygens (including phenoxy) is 1. The average Bonchev–Trinajstić information content (AvgIpc) is 3.45. The van der Waals surface area contributed by atoms with Gasteiger partial charge >= 0.3 is 6.03 Å². The second-order valence-corrected chi connectivity index (χ2v) is 8.66. The molecule has 1 aliphatic heterocycles. The van der Waals surface area contributed by atoms with Crippen LogP contribution in [-0.2, 0) is 16.9 Å². The van der Waals surface area contributed by atoms with Crippen LogP contribution in [0, 0.1) is 5.82 Å². The van der Waals surface area contributed by atoms with Crippen LogP contribution in [0.4, 0.5) is 14.9 Å². The first-order chi connectivity index (χ1) is 15.4. The number of urea groups is 1. The molecule has 4 N–H and O–H groups in total. The van der Waals surface area contributed by atoms with Gasteiger partial charge in [0.05, 0.1) is 24.9 Å². The van der Waals surface area contributed by atoms with Crippen molar-refractivity contribution >= 4 is 11.7 Å². The Labute approximate surface area is 186 Å². The van der Waals surface area contributed by atoms with Gasteiger partial charge in [-0.25, -0.2) is 9.18 Å². The van der Waals surface area contributed by atoms with E-state index in [0.717, 1.165) is 32.1 Å². The monoisotopic (exact) mass is 447 g/mol. The molecule has 1 aromatic carbocycles. The fourth-order valence-corrected chi connectivity index (χ4v) is 4.49. The lowest BCUT2D eigenvalue weighted by atomic mass is 9.97. The van der Waals surface area contributed by atoms with E-state index in [-0.39, 0.29) is 24.6 Å². The van der Waals surface area contributed by atoms with Gasteiger partial charge in [-0.1, -0.05) is 18.1 Å². The van der Waals surface area contributed by atoms with Gasteiger partial charge in [0.1, 0.15) is 23.2 Å². The number of hydrogen-bond donors (Lipinski definition) is 4. The summed E-state index contributed by atoms with van der Waals surface area (Å²) in [7, 11) is 0. The molecule has 1 aromatic heterocycles. The zero-order chi connectivity index (χ0) is 22.6. The maximum Gasteiger partial charge on any atom is 0.319 e. The molecule has 32 heavy (non-hydrogen) atoms. The lowest BCUT2D eigenvalue weighted by molar-refractivity contribution is -0.0905. The molecule has 0 bridgehead atoms. The van der Waals surface area contributed by atoms with Crippen molar-refractivity contribution in [2.45, 2.75) is 75.3 Å². The number of nitrogens with one attached hydrogen (secondary N) is 2. The largest absolute Gasteiger partial charge is 0.394 e. The molecule has 2 fully saturated rings. The minimum Gasteiger partial charge on any atom is -0.394 e. The number of hydrogen-bond acceptors (Lipinski definition) is 6. The lowest BCUT2D eigenvalue weighted by Crippen LogP contribution is -2.52. The Morgan fingerprint density at radius 2 is 2.00 bits per heavy atom. The highest BCUT2D eigenvalue weighted by Gasteiger charge is 2.36. The molecule has 2 heterocycles. The molecule has 3 atom stereocenters. The third-order valence-electron chi connectivity index (χ3n) is 6.34. The molecule has 2 amide bonds. The highest BCUT2D eigenvalue weighted by atomic mass is 19.1. The van der Waals surface area contributed by atoms with E-state index in [4.69, 9.17) is 4.74 Å². The number of benzene rings is 1. The molecule has 0 unspecified atom stereocenters. The van der Waals surface area contributed by atoms with Crippen LogP contribution in [0.15, 0.2) is 30.5 Å². The van der Waals surface area contributed by atoms with Crippen LogP contribution >= 0.6 is 0 Å². The first kappa shape index (κ1) is 22.6. The van der Waals surface area contributed by atoms with Crippen molar-refractivity contribution in [1.29, 1.82) is 0 Å². The number of aliphatic hydroxyl groups excluding tert-OH is 1. The van der Waals surface area contributed by atoms with Crippen molar-refractivity contribution in [3.05, 3.63) is 42.0 Å². The summed E-state index contributed by atoms with van der Waals surface area (Å²) in [5, 5.41) is 34.2. The average molecular weight is 448 g/mol. The van der Waals surface area contributed by atoms with Gasteiger partial charge in [-0.3, -0.25) is 4.68 Å². The van der Waals surface area contributed by atoms with E-state index in [1.54, 1.807) is 4.68 Å². The smallest absolute Gasteiger partial charge is 0.319 e. The van der Waals surface area contributed by atoms with Gasteiger partial charge in [0.25, 0.3) is 0 Å². The summed E-state index contributed by atoms with van der Waals surface area (Å²) in [5.74, 6) is -0.375. The Hall–Kier alpha value is -2.56. The quantitative estimate of drug-likeness (QED) is 0.517. The van der Waals surface area contributed by atoms with Crippen molar-refractivity contribution in [3.63, 3.8) is 0 Å². The molecule has 10 heteroatoms. The van der Waals surface area contributed by atoms with Gasteiger partial charge in [0.15, 0.2) is 0 Å². The minimum absolute atomic E-state index is 0.0763. The number of rotatable bonds is 7. The van der Waals surface area contributed by atoms with E-state index < -0.39 is 17.7 Å². The lowest BCUT2D eigenvalue weighted by Gasteiger charge is -2.36. The number of aromatic nitrogens is 3. The Balaban J connectivity index is 1.25. The molecular weight excluding hydrogens is 417 g/mol. The first-order valence-corrected chi connectivity index (χ1v) is 11.2. The van der Waals surface area contributed by atoms with Crippen LogP contribution < -0.4 is 10.6 Å². The number of aliphatic hydroxyl groups is 2. The van der Waals surface area contributed by atoms with Crippen molar-refractivity contribution in [2.24, 2.45) is 0 Å². The van der Waals surface area contributed by atoms with E-state index >= 15 is 0 Å². The van der Waals surface area contributed by atoms with Crippen LogP contribution in [0.1, 0.15) is 50.6 Å². The van der Waals surface area contributed by atoms with Crippen molar-refractivity contribution < 1.29 is 24.1 Å². The second kappa shape index (κ2) is 9.93. The van der Waals surface area contributed by atoms with Crippen molar-refractivity contribution in [3.8, 4) is 0 Å². The Morgan fingerprint density at radius 3 is 2.72 bits per heavy atom. The molecule has 1 aliphatic carbocycles. The molecule has 0 spiro atoms. The topological polar surface area (TPSA) is 122 Å². The molecule has 4 rings (SSSR count). The highest BCUT2D eigenvalue weighted by Crippen LogP contribution is 2.37. The van der Waals surface area contributed by atoms with Gasteiger partial charge in [0, 0.05) is 12.2 Å². The highest BCUT2D eigenvalue weighted by molar-refractivity contribution is 5.89. The third-order valence-corrected chi connectivity index (χ3v) is 6.34. The summed E-state index contributed by atoms with van der Waals surface area (Å²) >= 11 is 0.